The number of nitrogens with zero attached hydrogens (tertiary/aromatic N) is 2. The molecular formula is C21H20F4N4O4S. The van der Waals surface area contributed by atoms with Gasteiger partial charge in [-0.05, 0) is 41.8 Å². The highest BCUT2D eigenvalue weighted by atomic mass is 32.2. The van der Waals surface area contributed by atoms with Crippen molar-refractivity contribution in [3.8, 4) is 0 Å². The molecule has 0 atom stereocenters. The van der Waals surface area contributed by atoms with Gasteiger partial charge in [0.15, 0.2) is 0 Å². The van der Waals surface area contributed by atoms with Crippen LogP contribution in [-0.2, 0) is 15.3 Å². The van der Waals surface area contributed by atoms with E-state index >= 15 is 0 Å². The Morgan fingerprint density at radius 3 is 2.26 bits per heavy atom. The average Bonchev–Trinajstić information content (AvgIpc) is 2.83. The van der Waals surface area contributed by atoms with Gasteiger partial charge in [0, 0.05) is 24.4 Å². The maximum Gasteiger partial charge on any atom is 0.472 e. The molecule has 1 aliphatic heterocycles. The van der Waals surface area contributed by atoms with E-state index in [1.807, 2.05) is 0 Å². The Morgan fingerprint density at radius 1 is 1.00 bits per heavy atom. The molecule has 8 nitrogen and oxygen atoms in total. The maximum absolute atomic E-state index is 14.4. The second-order valence-electron chi connectivity index (χ2n) is 7.00. The second kappa shape index (κ2) is 11.2. The minimum absolute atomic E-state index is 0.00609. The smallest absolute Gasteiger partial charge is 0.378 e. The molecule has 34 heavy (non-hydrogen) atoms. The predicted octanol–water partition coefficient (Wildman–Crippen LogP) is 3.26. The SMILES string of the molecule is O=C(NNC(=O)C(F)(F)F)c1ccc(CSN(C(=O)N2CCOCC2)c2ccccc2F)cc1. The summed E-state index contributed by atoms with van der Waals surface area (Å²) in [5, 5.41) is 0. The van der Waals surface area contributed by atoms with Gasteiger partial charge >= 0.3 is 18.1 Å². The van der Waals surface area contributed by atoms with E-state index in [4.69, 9.17) is 4.74 Å². The van der Waals surface area contributed by atoms with E-state index in [-0.39, 0.29) is 17.0 Å². The highest BCUT2D eigenvalue weighted by molar-refractivity contribution is 8.00. The van der Waals surface area contributed by atoms with Gasteiger partial charge in [-0.25, -0.2) is 13.5 Å². The lowest BCUT2D eigenvalue weighted by atomic mass is 10.1. The minimum Gasteiger partial charge on any atom is -0.378 e. The Bertz CT molecular complexity index is 1030. The first-order chi connectivity index (χ1) is 16.2. The fraction of sp³-hybridized carbons (Fsp3) is 0.286. The highest BCUT2D eigenvalue weighted by Gasteiger charge is 2.39. The van der Waals surface area contributed by atoms with Gasteiger partial charge in [0.2, 0.25) is 0 Å². The van der Waals surface area contributed by atoms with Crippen LogP contribution in [-0.4, -0.2) is 55.2 Å². The summed E-state index contributed by atoms with van der Waals surface area (Å²) in [5.41, 5.74) is 3.73. The summed E-state index contributed by atoms with van der Waals surface area (Å²) in [6.45, 7) is 1.51. The van der Waals surface area contributed by atoms with Crippen LogP contribution in [0.4, 0.5) is 28.0 Å². The van der Waals surface area contributed by atoms with Crippen LogP contribution >= 0.6 is 11.9 Å². The number of hydrogen-bond acceptors (Lipinski definition) is 5. The molecule has 0 unspecified atom stereocenters. The molecule has 1 aliphatic rings. The zero-order valence-corrected chi connectivity index (χ0v) is 18.4. The average molecular weight is 500 g/mol. The van der Waals surface area contributed by atoms with Gasteiger partial charge in [0.05, 0.1) is 18.9 Å². The van der Waals surface area contributed by atoms with Crippen molar-refractivity contribution < 1.29 is 36.7 Å². The summed E-state index contributed by atoms with van der Waals surface area (Å²) in [5.74, 6) is -3.57. The number of rotatable bonds is 5. The number of anilines is 1. The number of hydrogen-bond donors (Lipinski definition) is 2. The molecule has 1 heterocycles. The Hall–Kier alpha value is -3.32. The van der Waals surface area contributed by atoms with Gasteiger partial charge in [-0.2, -0.15) is 13.2 Å². The van der Waals surface area contributed by atoms with Crippen LogP contribution < -0.4 is 15.2 Å². The number of para-hydroxylation sites is 1. The second-order valence-corrected chi connectivity index (χ2v) is 7.92. The number of alkyl halides is 3. The van der Waals surface area contributed by atoms with E-state index < -0.39 is 29.8 Å². The topological polar surface area (TPSA) is 91.0 Å². The lowest BCUT2D eigenvalue weighted by Gasteiger charge is -2.32. The third-order valence-corrected chi connectivity index (χ3v) is 5.72. The van der Waals surface area contributed by atoms with E-state index in [0.717, 1.165) is 11.9 Å². The number of urea groups is 1. The Kier molecular flexibility index (Phi) is 8.34. The van der Waals surface area contributed by atoms with Crippen molar-refractivity contribution in [3.63, 3.8) is 0 Å². The normalized spacial score (nSPS) is 13.8. The number of morpholine rings is 1. The van der Waals surface area contributed by atoms with Gasteiger partial charge in [-0.3, -0.25) is 20.4 Å². The first kappa shape index (κ1) is 25.3. The Labute approximate surface area is 196 Å². The van der Waals surface area contributed by atoms with E-state index in [0.29, 0.717) is 31.9 Å². The molecule has 0 bridgehead atoms. The van der Waals surface area contributed by atoms with Crippen LogP contribution in [0.15, 0.2) is 48.5 Å². The van der Waals surface area contributed by atoms with Crippen LogP contribution in [0.1, 0.15) is 15.9 Å². The molecule has 0 saturated carbocycles. The molecule has 2 N–H and O–H groups in total. The van der Waals surface area contributed by atoms with Gasteiger partial charge in [0.25, 0.3) is 5.91 Å². The maximum atomic E-state index is 14.4. The number of carbonyl (C=O) groups excluding carboxylic acids is 3. The summed E-state index contributed by atoms with van der Waals surface area (Å²) < 4.78 is 57.6. The van der Waals surface area contributed by atoms with Gasteiger partial charge in [0.1, 0.15) is 5.82 Å². The first-order valence-corrected chi connectivity index (χ1v) is 10.9. The molecular weight excluding hydrogens is 480 g/mol. The fourth-order valence-electron chi connectivity index (χ4n) is 2.88. The lowest BCUT2D eigenvalue weighted by Crippen LogP contribution is -2.47. The highest BCUT2D eigenvalue weighted by Crippen LogP contribution is 2.29. The third-order valence-electron chi connectivity index (χ3n) is 4.65. The zero-order chi connectivity index (χ0) is 24.7. The van der Waals surface area contributed by atoms with Crippen molar-refractivity contribution in [2.75, 3.05) is 30.6 Å². The Balaban J connectivity index is 1.65. The van der Waals surface area contributed by atoms with E-state index in [1.54, 1.807) is 16.4 Å². The molecule has 0 spiro atoms. The molecule has 0 radical (unpaired) electrons. The summed E-state index contributed by atoms with van der Waals surface area (Å²) in [7, 11) is 0. The molecule has 1 fully saturated rings. The molecule has 2 aromatic rings. The summed E-state index contributed by atoms with van der Waals surface area (Å²) in [4.78, 5) is 37.3. The molecule has 1 saturated heterocycles. The van der Waals surface area contributed by atoms with Crippen molar-refractivity contribution >= 4 is 35.5 Å². The van der Waals surface area contributed by atoms with Crippen LogP contribution in [0, 0.1) is 5.82 Å². The monoisotopic (exact) mass is 500 g/mol. The predicted molar refractivity (Wildman–Crippen MR) is 116 cm³/mol. The first-order valence-electron chi connectivity index (χ1n) is 9.97. The number of carbonyl (C=O) groups is 3. The number of amides is 4. The summed E-state index contributed by atoms with van der Waals surface area (Å²) in [6.07, 6.45) is -5.13. The standard InChI is InChI=1S/C21H20F4N4O4S/c22-16-3-1-2-4-17(16)29(20(32)28-9-11-33-12-10-28)34-13-14-5-7-15(8-6-14)18(30)26-27-19(31)21(23,24)25/h1-8H,9-13H2,(H,26,30)(H,27,31). The summed E-state index contributed by atoms with van der Waals surface area (Å²) in [6, 6.07) is 11.2. The zero-order valence-electron chi connectivity index (χ0n) is 17.6. The number of hydrazine groups is 1. The van der Waals surface area contributed by atoms with Gasteiger partial charge in [-0.15, -0.1) is 0 Å². The van der Waals surface area contributed by atoms with E-state index in [1.165, 1.54) is 52.2 Å². The van der Waals surface area contributed by atoms with Crippen molar-refractivity contribution in [1.29, 1.82) is 0 Å². The number of ether oxygens (including phenoxy) is 1. The number of nitrogens with one attached hydrogen (secondary N) is 2. The van der Waals surface area contributed by atoms with Crippen molar-refractivity contribution in [1.82, 2.24) is 15.8 Å². The van der Waals surface area contributed by atoms with Crippen molar-refractivity contribution in [3.05, 3.63) is 65.5 Å². The van der Waals surface area contributed by atoms with E-state index in [9.17, 15) is 31.9 Å². The van der Waals surface area contributed by atoms with Crippen molar-refractivity contribution in [2.24, 2.45) is 0 Å². The van der Waals surface area contributed by atoms with Crippen LogP contribution in [0.3, 0.4) is 0 Å². The minimum atomic E-state index is -5.13. The Morgan fingerprint density at radius 2 is 1.65 bits per heavy atom. The van der Waals surface area contributed by atoms with Crippen LogP contribution in [0.2, 0.25) is 0 Å². The fourth-order valence-corrected chi connectivity index (χ4v) is 3.86. The third kappa shape index (κ3) is 6.60. The molecule has 3 rings (SSSR count). The molecule has 0 aliphatic carbocycles. The molecule has 2 aromatic carbocycles. The van der Waals surface area contributed by atoms with Crippen LogP contribution in [0.25, 0.3) is 0 Å². The number of halogens is 4. The van der Waals surface area contributed by atoms with Gasteiger partial charge < -0.3 is 9.64 Å². The molecule has 4 amide bonds. The molecule has 0 aromatic heterocycles. The van der Waals surface area contributed by atoms with Crippen molar-refractivity contribution in [2.45, 2.75) is 11.9 Å². The molecule has 182 valence electrons. The summed E-state index contributed by atoms with van der Waals surface area (Å²) >= 11 is 1.05. The van der Waals surface area contributed by atoms with Crippen LogP contribution in [0.5, 0.6) is 0 Å². The largest absolute Gasteiger partial charge is 0.472 e. The van der Waals surface area contributed by atoms with E-state index in [2.05, 4.69) is 0 Å². The van der Waals surface area contributed by atoms with Gasteiger partial charge in [-0.1, -0.05) is 24.3 Å². The molecule has 13 heteroatoms. The lowest BCUT2D eigenvalue weighted by molar-refractivity contribution is -0.174. The number of benzene rings is 2. The quantitative estimate of drug-likeness (QED) is 0.374.